The molecule has 3 saturated carbocycles. The van der Waals surface area contributed by atoms with Crippen molar-refractivity contribution in [1.82, 2.24) is 0 Å². The molecule has 0 heteroatoms. The second-order valence-electron chi connectivity index (χ2n) is 4.71. The molecule has 0 aromatic heterocycles. The Morgan fingerprint density at radius 1 is 1.00 bits per heavy atom. The first-order valence-corrected chi connectivity index (χ1v) is 4.91. The van der Waals surface area contributed by atoms with E-state index in [4.69, 9.17) is 0 Å². The van der Waals surface area contributed by atoms with Crippen LogP contribution in [0.25, 0.3) is 0 Å². The van der Waals surface area contributed by atoms with Crippen LogP contribution in [0.2, 0.25) is 0 Å². The Bertz CT molecular complexity index is 148. The van der Waals surface area contributed by atoms with Crippen LogP contribution in [0.5, 0.6) is 0 Å². The third-order valence-corrected chi connectivity index (χ3v) is 4.32. The van der Waals surface area contributed by atoms with E-state index in [0.29, 0.717) is 0 Å². The van der Waals surface area contributed by atoms with Gasteiger partial charge in [-0.05, 0) is 49.4 Å². The van der Waals surface area contributed by atoms with Gasteiger partial charge in [0.2, 0.25) is 0 Å². The van der Waals surface area contributed by atoms with E-state index in [9.17, 15) is 0 Å². The fourth-order valence-electron chi connectivity index (χ4n) is 3.67. The summed E-state index contributed by atoms with van der Waals surface area (Å²) in [4.78, 5) is 0. The molecular weight excluding hydrogens is 120 g/mol. The summed E-state index contributed by atoms with van der Waals surface area (Å²) < 4.78 is 0. The summed E-state index contributed by atoms with van der Waals surface area (Å²) in [5.74, 6) is 2.42. The summed E-state index contributed by atoms with van der Waals surface area (Å²) in [7, 11) is 0. The van der Waals surface area contributed by atoms with Gasteiger partial charge in [-0.1, -0.05) is 12.8 Å². The van der Waals surface area contributed by atoms with E-state index in [1.807, 2.05) is 0 Å². The highest BCUT2D eigenvalue weighted by Gasteiger charge is 2.57. The molecule has 2 atom stereocenters. The fourth-order valence-corrected chi connectivity index (χ4v) is 3.67. The molecule has 0 aliphatic heterocycles. The number of hydrogen-bond donors (Lipinski definition) is 0. The molecule has 3 aliphatic carbocycles. The average molecular weight is 136 g/mol. The van der Waals surface area contributed by atoms with E-state index >= 15 is 0 Å². The van der Waals surface area contributed by atoms with Crippen LogP contribution in [0.3, 0.4) is 0 Å². The van der Waals surface area contributed by atoms with Crippen LogP contribution in [0.15, 0.2) is 0 Å². The second kappa shape index (κ2) is 1.60. The average Bonchev–Trinajstić information content (AvgIpc) is 2.49. The smallest absolute Gasteiger partial charge is 0.0266 e. The molecule has 10 heavy (non-hydrogen) atoms. The summed E-state index contributed by atoms with van der Waals surface area (Å²) >= 11 is 0. The molecule has 0 amide bonds. The van der Waals surface area contributed by atoms with E-state index in [0.717, 1.165) is 5.41 Å². The third kappa shape index (κ3) is 0.538. The van der Waals surface area contributed by atoms with Crippen LogP contribution in [-0.2, 0) is 0 Å². The first-order valence-electron chi connectivity index (χ1n) is 4.91. The lowest BCUT2D eigenvalue weighted by Crippen LogP contribution is -2.14. The zero-order chi connectivity index (χ0) is 6.60. The van der Waals surface area contributed by atoms with Crippen molar-refractivity contribution in [3.63, 3.8) is 0 Å². The topological polar surface area (TPSA) is 0 Å². The second-order valence-corrected chi connectivity index (χ2v) is 4.71. The minimum atomic E-state index is 0.921. The standard InChI is InChI=1S/C10H16/c1-2-5-10(4-1)6-3-8-7-9(8)10/h8-9H,1-7H2/t8-,9+/m1/s1. The predicted octanol–water partition coefficient (Wildman–Crippen LogP) is 2.98. The highest BCUT2D eigenvalue weighted by Crippen LogP contribution is 2.67. The van der Waals surface area contributed by atoms with Crippen molar-refractivity contribution in [2.24, 2.45) is 17.3 Å². The van der Waals surface area contributed by atoms with Gasteiger partial charge in [-0.25, -0.2) is 0 Å². The Morgan fingerprint density at radius 2 is 1.80 bits per heavy atom. The van der Waals surface area contributed by atoms with Crippen LogP contribution >= 0.6 is 0 Å². The minimum Gasteiger partial charge on any atom is -0.0527 e. The van der Waals surface area contributed by atoms with E-state index in [-0.39, 0.29) is 0 Å². The largest absolute Gasteiger partial charge is 0.0527 e. The maximum atomic E-state index is 1.61. The SMILES string of the molecule is C1CCC2(C1)CC[C@@H]1C[C@@H]12. The van der Waals surface area contributed by atoms with E-state index in [1.165, 1.54) is 11.8 Å². The first kappa shape index (κ1) is 5.62. The molecule has 0 heterocycles. The first-order chi connectivity index (χ1) is 4.91. The van der Waals surface area contributed by atoms with Crippen LogP contribution < -0.4 is 0 Å². The quantitative estimate of drug-likeness (QED) is 0.480. The van der Waals surface area contributed by atoms with Crippen LogP contribution in [0, 0.1) is 17.3 Å². The van der Waals surface area contributed by atoms with Crippen LogP contribution in [0.1, 0.15) is 44.9 Å². The zero-order valence-electron chi connectivity index (χ0n) is 6.60. The van der Waals surface area contributed by atoms with Crippen molar-refractivity contribution in [3.8, 4) is 0 Å². The highest BCUT2D eigenvalue weighted by molar-refractivity contribution is 5.07. The maximum Gasteiger partial charge on any atom is -0.0266 e. The number of hydrogen-bond acceptors (Lipinski definition) is 0. The Balaban J connectivity index is 1.89. The van der Waals surface area contributed by atoms with E-state index in [2.05, 4.69) is 0 Å². The predicted molar refractivity (Wildman–Crippen MR) is 41.7 cm³/mol. The molecule has 0 unspecified atom stereocenters. The molecule has 3 rings (SSSR count). The van der Waals surface area contributed by atoms with Gasteiger partial charge in [0.1, 0.15) is 0 Å². The summed E-state index contributed by atoms with van der Waals surface area (Å²) in [6.07, 6.45) is 11.1. The van der Waals surface area contributed by atoms with Crippen molar-refractivity contribution in [1.29, 1.82) is 0 Å². The molecule has 0 aromatic rings. The van der Waals surface area contributed by atoms with Gasteiger partial charge in [0, 0.05) is 0 Å². The van der Waals surface area contributed by atoms with Gasteiger partial charge < -0.3 is 0 Å². The molecule has 0 aromatic carbocycles. The molecular formula is C10H16. The van der Waals surface area contributed by atoms with Crippen molar-refractivity contribution in [3.05, 3.63) is 0 Å². The number of fused-ring (bicyclic) bond motifs is 2. The van der Waals surface area contributed by atoms with Gasteiger partial charge in [0.15, 0.2) is 0 Å². The Hall–Kier alpha value is 0. The minimum absolute atomic E-state index is 0.921. The summed E-state index contributed by atoms with van der Waals surface area (Å²) in [5.41, 5.74) is 0.921. The molecule has 3 aliphatic rings. The summed E-state index contributed by atoms with van der Waals surface area (Å²) in [6.45, 7) is 0. The molecule has 1 spiro atoms. The van der Waals surface area contributed by atoms with Gasteiger partial charge in [-0.3, -0.25) is 0 Å². The Kier molecular flexibility index (Phi) is 0.898. The Morgan fingerprint density at radius 3 is 2.30 bits per heavy atom. The van der Waals surface area contributed by atoms with Gasteiger partial charge in [-0.2, -0.15) is 0 Å². The highest BCUT2D eigenvalue weighted by atomic mass is 14.6. The molecule has 0 bridgehead atoms. The lowest BCUT2D eigenvalue weighted by atomic mass is 9.81. The van der Waals surface area contributed by atoms with Gasteiger partial charge in [0.05, 0.1) is 0 Å². The summed E-state index contributed by atoms with van der Waals surface area (Å²) in [5, 5.41) is 0. The normalized spacial score (nSPS) is 48.0. The summed E-state index contributed by atoms with van der Waals surface area (Å²) in [6, 6.07) is 0. The van der Waals surface area contributed by atoms with E-state index in [1.54, 1.807) is 44.9 Å². The molecule has 0 nitrogen and oxygen atoms in total. The monoisotopic (exact) mass is 136 g/mol. The van der Waals surface area contributed by atoms with Crippen molar-refractivity contribution in [2.45, 2.75) is 44.9 Å². The molecule has 0 N–H and O–H groups in total. The molecule has 3 fully saturated rings. The zero-order valence-corrected chi connectivity index (χ0v) is 6.60. The van der Waals surface area contributed by atoms with Gasteiger partial charge >= 0.3 is 0 Å². The van der Waals surface area contributed by atoms with Gasteiger partial charge in [0.25, 0.3) is 0 Å². The lowest BCUT2D eigenvalue weighted by molar-refractivity contribution is 0.261. The number of rotatable bonds is 0. The molecule has 0 radical (unpaired) electrons. The van der Waals surface area contributed by atoms with Gasteiger partial charge in [-0.15, -0.1) is 0 Å². The molecule has 56 valence electrons. The van der Waals surface area contributed by atoms with Crippen molar-refractivity contribution < 1.29 is 0 Å². The van der Waals surface area contributed by atoms with Crippen LogP contribution in [-0.4, -0.2) is 0 Å². The van der Waals surface area contributed by atoms with Crippen molar-refractivity contribution >= 4 is 0 Å². The maximum absolute atomic E-state index is 1.61. The van der Waals surface area contributed by atoms with Crippen LogP contribution in [0.4, 0.5) is 0 Å². The third-order valence-electron chi connectivity index (χ3n) is 4.32. The molecule has 0 saturated heterocycles. The fraction of sp³-hybridized carbons (Fsp3) is 1.00. The van der Waals surface area contributed by atoms with E-state index < -0.39 is 0 Å². The van der Waals surface area contributed by atoms with Crippen molar-refractivity contribution in [2.75, 3.05) is 0 Å². The lowest BCUT2D eigenvalue weighted by Gasteiger charge is -2.24. The Labute approximate surface area is 63.0 Å².